The summed E-state index contributed by atoms with van der Waals surface area (Å²) in [5.41, 5.74) is 1.25. The van der Waals surface area contributed by atoms with Crippen LogP contribution in [-0.4, -0.2) is 32.1 Å². The second-order valence-corrected chi connectivity index (χ2v) is 6.51. The number of halogens is 1. The Bertz CT molecular complexity index is 515. The SMILES string of the molecule is CC1(CNC(=O)C2CCOc3ccccc32)CCNCC1.Cl. The van der Waals surface area contributed by atoms with Gasteiger partial charge in [-0.3, -0.25) is 4.79 Å². The molecule has 1 aromatic rings. The summed E-state index contributed by atoms with van der Waals surface area (Å²) in [5.74, 6) is 0.933. The summed E-state index contributed by atoms with van der Waals surface area (Å²) in [4.78, 5) is 12.6. The summed E-state index contributed by atoms with van der Waals surface area (Å²) < 4.78 is 5.63. The molecule has 0 bridgehead atoms. The Kier molecular flexibility index (Phi) is 5.70. The van der Waals surface area contributed by atoms with Gasteiger partial charge in [0.25, 0.3) is 0 Å². The van der Waals surface area contributed by atoms with Crippen molar-refractivity contribution in [2.24, 2.45) is 5.41 Å². The quantitative estimate of drug-likeness (QED) is 0.898. The molecule has 5 heteroatoms. The maximum atomic E-state index is 12.6. The standard InChI is InChI=1S/C17H24N2O2.ClH/c1-17(7-9-18-10-8-17)12-19-16(20)14-6-11-21-15-5-3-2-4-13(14)15;/h2-5,14,18H,6-12H2,1H3,(H,19,20);1H. The van der Waals surface area contributed by atoms with Gasteiger partial charge in [-0.25, -0.2) is 0 Å². The highest BCUT2D eigenvalue weighted by Crippen LogP contribution is 2.34. The molecule has 1 atom stereocenters. The van der Waals surface area contributed by atoms with Crippen LogP contribution in [-0.2, 0) is 4.79 Å². The van der Waals surface area contributed by atoms with Crippen LogP contribution in [0.15, 0.2) is 24.3 Å². The summed E-state index contributed by atoms with van der Waals surface area (Å²) in [6, 6.07) is 7.88. The van der Waals surface area contributed by atoms with Crippen molar-refractivity contribution < 1.29 is 9.53 Å². The largest absolute Gasteiger partial charge is 0.493 e. The van der Waals surface area contributed by atoms with Crippen LogP contribution in [0, 0.1) is 5.41 Å². The Hall–Kier alpha value is -1.26. The van der Waals surface area contributed by atoms with Crippen LogP contribution < -0.4 is 15.4 Å². The molecule has 0 radical (unpaired) electrons. The summed E-state index contributed by atoms with van der Waals surface area (Å²) in [7, 11) is 0. The van der Waals surface area contributed by atoms with Crippen LogP contribution in [0.5, 0.6) is 5.75 Å². The minimum absolute atomic E-state index is 0. The van der Waals surface area contributed by atoms with Gasteiger partial charge in [-0.1, -0.05) is 25.1 Å². The average molecular weight is 325 g/mol. The Balaban J connectivity index is 0.00000176. The fourth-order valence-corrected chi connectivity index (χ4v) is 3.25. The number of amides is 1. The van der Waals surface area contributed by atoms with Gasteiger partial charge in [0.05, 0.1) is 12.5 Å². The van der Waals surface area contributed by atoms with Crippen LogP contribution in [0.3, 0.4) is 0 Å². The minimum atomic E-state index is -0.0692. The number of ether oxygens (including phenoxy) is 1. The van der Waals surface area contributed by atoms with E-state index in [0.29, 0.717) is 6.61 Å². The predicted octanol–water partition coefficient (Wildman–Crippen LogP) is 2.48. The van der Waals surface area contributed by atoms with Gasteiger partial charge in [0.2, 0.25) is 5.91 Å². The highest BCUT2D eigenvalue weighted by atomic mass is 35.5. The molecule has 2 aliphatic heterocycles. The first-order valence-corrected chi connectivity index (χ1v) is 7.88. The minimum Gasteiger partial charge on any atom is -0.493 e. The van der Waals surface area contributed by atoms with E-state index in [9.17, 15) is 4.79 Å². The maximum Gasteiger partial charge on any atom is 0.227 e. The van der Waals surface area contributed by atoms with Gasteiger partial charge in [-0.2, -0.15) is 0 Å². The topological polar surface area (TPSA) is 50.4 Å². The number of hydrogen-bond acceptors (Lipinski definition) is 3. The molecule has 1 aromatic carbocycles. The molecule has 0 spiro atoms. The molecule has 0 saturated carbocycles. The van der Waals surface area contributed by atoms with Crippen LogP contribution >= 0.6 is 12.4 Å². The second-order valence-electron chi connectivity index (χ2n) is 6.51. The molecule has 0 aromatic heterocycles. The molecule has 1 unspecified atom stereocenters. The van der Waals surface area contributed by atoms with Gasteiger partial charge in [0.15, 0.2) is 0 Å². The van der Waals surface area contributed by atoms with E-state index in [4.69, 9.17) is 4.74 Å². The Morgan fingerprint density at radius 2 is 2.09 bits per heavy atom. The molecule has 22 heavy (non-hydrogen) atoms. The van der Waals surface area contributed by atoms with Crippen molar-refractivity contribution in [3.05, 3.63) is 29.8 Å². The van der Waals surface area contributed by atoms with E-state index in [2.05, 4.69) is 17.6 Å². The number of hydrogen-bond donors (Lipinski definition) is 2. The van der Waals surface area contributed by atoms with Gasteiger partial charge in [-0.05, 0) is 43.8 Å². The van der Waals surface area contributed by atoms with E-state index in [1.54, 1.807) is 0 Å². The molecule has 2 N–H and O–H groups in total. The number of para-hydroxylation sites is 1. The zero-order valence-corrected chi connectivity index (χ0v) is 13.9. The summed E-state index contributed by atoms with van der Waals surface area (Å²) in [5, 5.41) is 6.56. The van der Waals surface area contributed by atoms with Crippen molar-refractivity contribution in [3.63, 3.8) is 0 Å². The molecule has 2 aliphatic rings. The van der Waals surface area contributed by atoms with E-state index in [0.717, 1.165) is 50.2 Å². The lowest BCUT2D eigenvalue weighted by Crippen LogP contribution is -2.44. The zero-order chi connectivity index (χ0) is 14.7. The van der Waals surface area contributed by atoms with E-state index in [1.807, 2.05) is 24.3 Å². The number of fused-ring (bicyclic) bond motifs is 1. The van der Waals surface area contributed by atoms with E-state index >= 15 is 0 Å². The molecular formula is C17H25ClN2O2. The van der Waals surface area contributed by atoms with Crippen molar-refractivity contribution in [1.82, 2.24) is 10.6 Å². The predicted molar refractivity (Wildman–Crippen MR) is 89.8 cm³/mol. The Labute approximate surface area is 138 Å². The number of nitrogens with one attached hydrogen (secondary N) is 2. The smallest absolute Gasteiger partial charge is 0.227 e. The van der Waals surface area contributed by atoms with Gasteiger partial charge in [0.1, 0.15) is 5.75 Å². The first-order valence-electron chi connectivity index (χ1n) is 7.88. The Morgan fingerprint density at radius 1 is 1.36 bits per heavy atom. The van der Waals surface area contributed by atoms with Gasteiger partial charge in [-0.15, -0.1) is 12.4 Å². The van der Waals surface area contributed by atoms with E-state index < -0.39 is 0 Å². The molecule has 1 amide bonds. The number of piperidine rings is 1. The molecular weight excluding hydrogens is 300 g/mol. The highest BCUT2D eigenvalue weighted by molar-refractivity contribution is 5.85. The van der Waals surface area contributed by atoms with E-state index in [-0.39, 0.29) is 29.6 Å². The number of rotatable bonds is 3. The number of carbonyl (C=O) groups excluding carboxylic acids is 1. The van der Waals surface area contributed by atoms with Gasteiger partial charge < -0.3 is 15.4 Å². The van der Waals surface area contributed by atoms with Crippen LogP contribution in [0.1, 0.15) is 37.7 Å². The van der Waals surface area contributed by atoms with Crippen molar-refractivity contribution in [1.29, 1.82) is 0 Å². The monoisotopic (exact) mass is 324 g/mol. The summed E-state index contributed by atoms with van der Waals surface area (Å²) in [6.07, 6.45) is 3.01. The number of benzene rings is 1. The Morgan fingerprint density at radius 3 is 2.86 bits per heavy atom. The normalized spacial score (nSPS) is 22.7. The lowest BCUT2D eigenvalue weighted by molar-refractivity contribution is -0.123. The van der Waals surface area contributed by atoms with Crippen molar-refractivity contribution in [2.75, 3.05) is 26.2 Å². The first kappa shape index (κ1) is 17.1. The van der Waals surface area contributed by atoms with Gasteiger partial charge in [0, 0.05) is 12.1 Å². The van der Waals surface area contributed by atoms with Crippen LogP contribution in [0.4, 0.5) is 0 Å². The average Bonchev–Trinajstić information content (AvgIpc) is 2.53. The summed E-state index contributed by atoms with van der Waals surface area (Å²) in [6.45, 7) is 5.76. The van der Waals surface area contributed by atoms with Crippen LogP contribution in [0.25, 0.3) is 0 Å². The third-order valence-corrected chi connectivity index (χ3v) is 4.78. The third kappa shape index (κ3) is 3.73. The lowest BCUT2D eigenvalue weighted by atomic mass is 9.80. The van der Waals surface area contributed by atoms with E-state index in [1.165, 1.54) is 0 Å². The molecule has 1 fully saturated rings. The lowest BCUT2D eigenvalue weighted by Gasteiger charge is -2.35. The molecule has 2 heterocycles. The maximum absolute atomic E-state index is 12.6. The van der Waals surface area contributed by atoms with Crippen LogP contribution in [0.2, 0.25) is 0 Å². The first-order chi connectivity index (χ1) is 10.2. The van der Waals surface area contributed by atoms with Crippen molar-refractivity contribution in [3.8, 4) is 5.75 Å². The third-order valence-electron chi connectivity index (χ3n) is 4.78. The molecule has 3 rings (SSSR count). The second kappa shape index (κ2) is 7.34. The highest BCUT2D eigenvalue weighted by Gasteiger charge is 2.31. The fourth-order valence-electron chi connectivity index (χ4n) is 3.25. The molecule has 1 saturated heterocycles. The van der Waals surface area contributed by atoms with Crippen molar-refractivity contribution in [2.45, 2.75) is 32.1 Å². The molecule has 4 nitrogen and oxygen atoms in total. The van der Waals surface area contributed by atoms with Crippen molar-refractivity contribution >= 4 is 18.3 Å². The fraction of sp³-hybridized carbons (Fsp3) is 0.588. The zero-order valence-electron chi connectivity index (χ0n) is 13.1. The molecule has 0 aliphatic carbocycles. The number of carbonyl (C=O) groups is 1. The van der Waals surface area contributed by atoms with Gasteiger partial charge >= 0.3 is 0 Å². The molecule has 122 valence electrons. The summed E-state index contributed by atoms with van der Waals surface area (Å²) >= 11 is 0.